The largest absolute Gasteiger partial charge is 0.370 e. The van der Waals surface area contributed by atoms with Gasteiger partial charge in [0, 0.05) is 19.5 Å². The highest BCUT2D eigenvalue weighted by atomic mass is 15.1. The van der Waals surface area contributed by atoms with Crippen LogP contribution in [-0.2, 0) is 6.42 Å². The number of hydrogen-bond donors (Lipinski definition) is 3. The first kappa shape index (κ1) is 13.4. The summed E-state index contributed by atoms with van der Waals surface area (Å²) >= 11 is 0. The van der Waals surface area contributed by atoms with Crippen molar-refractivity contribution in [2.45, 2.75) is 26.2 Å². The summed E-state index contributed by atoms with van der Waals surface area (Å²) in [5.74, 6) is 1.55. The number of benzene rings is 1. The smallest absolute Gasteiger partial charge is 0.188 e. The minimum Gasteiger partial charge on any atom is -0.370 e. The Morgan fingerprint density at radius 2 is 2.26 bits per heavy atom. The summed E-state index contributed by atoms with van der Waals surface area (Å²) < 4.78 is 0. The highest BCUT2D eigenvalue weighted by Gasteiger charge is 2.01. The molecule has 4 N–H and O–H groups in total. The van der Waals surface area contributed by atoms with Gasteiger partial charge < -0.3 is 16.0 Å². The molecule has 0 saturated heterocycles. The van der Waals surface area contributed by atoms with Crippen molar-refractivity contribution < 1.29 is 0 Å². The number of aromatic nitrogens is 2. The number of hydrogen-bond acceptors (Lipinski definition) is 2. The van der Waals surface area contributed by atoms with Gasteiger partial charge in [0.25, 0.3) is 0 Å². The molecule has 0 saturated carbocycles. The van der Waals surface area contributed by atoms with Crippen molar-refractivity contribution in [1.29, 1.82) is 0 Å². The van der Waals surface area contributed by atoms with Crippen LogP contribution >= 0.6 is 0 Å². The number of para-hydroxylation sites is 2. The minimum absolute atomic E-state index is 0.534. The van der Waals surface area contributed by atoms with Gasteiger partial charge in [-0.25, -0.2) is 4.98 Å². The van der Waals surface area contributed by atoms with Crippen LogP contribution in [0.5, 0.6) is 0 Å². The van der Waals surface area contributed by atoms with Crippen molar-refractivity contribution >= 4 is 17.0 Å². The number of imidazole rings is 1. The molecule has 19 heavy (non-hydrogen) atoms. The highest BCUT2D eigenvalue weighted by molar-refractivity contribution is 5.77. The summed E-state index contributed by atoms with van der Waals surface area (Å²) in [6, 6.07) is 8.07. The number of guanidine groups is 1. The molecule has 5 heteroatoms. The van der Waals surface area contributed by atoms with Crippen LogP contribution in [0.15, 0.2) is 29.3 Å². The van der Waals surface area contributed by atoms with Crippen LogP contribution in [0.1, 0.15) is 25.6 Å². The third-order valence-electron chi connectivity index (χ3n) is 2.84. The first-order chi connectivity index (χ1) is 9.29. The molecule has 0 aliphatic carbocycles. The third-order valence-corrected chi connectivity index (χ3v) is 2.84. The van der Waals surface area contributed by atoms with Gasteiger partial charge in [-0.05, 0) is 25.0 Å². The number of H-pyrrole nitrogens is 1. The van der Waals surface area contributed by atoms with Crippen molar-refractivity contribution in [1.82, 2.24) is 15.3 Å². The molecule has 2 aromatic rings. The molecule has 0 spiro atoms. The maximum Gasteiger partial charge on any atom is 0.188 e. The summed E-state index contributed by atoms with van der Waals surface area (Å²) in [6.45, 7) is 3.68. The molecule has 0 fully saturated rings. The molecule has 1 aromatic carbocycles. The monoisotopic (exact) mass is 259 g/mol. The predicted molar refractivity (Wildman–Crippen MR) is 79.2 cm³/mol. The molecule has 1 aromatic heterocycles. The van der Waals surface area contributed by atoms with Gasteiger partial charge in [0.05, 0.1) is 11.0 Å². The average Bonchev–Trinajstić information content (AvgIpc) is 2.84. The Bertz CT molecular complexity index is 511. The van der Waals surface area contributed by atoms with Gasteiger partial charge in [0.15, 0.2) is 5.96 Å². The van der Waals surface area contributed by atoms with Crippen LogP contribution in [-0.4, -0.2) is 29.0 Å². The van der Waals surface area contributed by atoms with Crippen molar-refractivity contribution in [2.75, 3.05) is 13.1 Å². The molecule has 0 radical (unpaired) electrons. The molecular formula is C14H21N5. The van der Waals surface area contributed by atoms with Gasteiger partial charge >= 0.3 is 0 Å². The Morgan fingerprint density at radius 3 is 3.05 bits per heavy atom. The van der Waals surface area contributed by atoms with Crippen molar-refractivity contribution in [3.63, 3.8) is 0 Å². The van der Waals surface area contributed by atoms with E-state index in [9.17, 15) is 0 Å². The summed E-state index contributed by atoms with van der Waals surface area (Å²) in [7, 11) is 0. The highest BCUT2D eigenvalue weighted by Crippen LogP contribution is 2.10. The first-order valence-electron chi connectivity index (χ1n) is 6.77. The maximum atomic E-state index is 5.72. The maximum absolute atomic E-state index is 5.72. The number of rotatable bonds is 6. The van der Waals surface area contributed by atoms with Crippen molar-refractivity contribution in [3.05, 3.63) is 30.1 Å². The van der Waals surface area contributed by atoms with E-state index in [0.717, 1.165) is 49.2 Å². The molecule has 5 nitrogen and oxygen atoms in total. The zero-order chi connectivity index (χ0) is 13.5. The van der Waals surface area contributed by atoms with Crippen LogP contribution in [0.2, 0.25) is 0 Å². The van der Waals surface area contributed by atoms with Crippen LogP contribution in [0, 0.1) is 0 Å². The number of nitrogens with zero attached hydrogens (tertiary/aromatic N) is 2. The normalized spacial score (nSPS) is 11.9. The Morgan fingerprint density at radius 1 is 1.42 bits per heavy atom. The summed E-state index contributed by atoms with van der Waals surface area (Å²) in [6.07, 6.45) is 2.90. The molecule has 102 valence electrons. The SMILES string of the molecule is CCCN=C(N)NCCCc1nc2ccccc2[nH]1. The quantitative estimate of drug-likeness (QED) is 0.420. The lowest BCUT2D eigenvalue weighted by Gasteiger charge is -2.04. The van der Waals surface area contributed by atoms with Gasteiger partial charge in [0.1, 0.15) is 5.82 Å². The lowest BCUT2D eigenvalue weighted by atomic mass is 10.3. The second-order valence-electron chi connectivity index (χ2n) is 4.50. The van der Waals surface area contributed by atoms with Gasteiger partial charge in [0.2, 0.25) is 0 Å². The number of fused-ring (bicyclic) bond motifs is 1. The minimum atomic E-state index is 0.534. The van der Waals surface area contributed by atoms with Gasteiger partial charge in [-0.15, -0.1) is 0 Å². The lowest BCUT2D eigenvalue weighted by Crippen LogP contribution is -2.32. The molecule has 0 amide bonds. The molecule has 0 bridgehead atoms. The van der Waals surface area contributed by atoms with Crippen LogP contribution in [0.3, 0.4) is 0 Å². The zero-order valence-electron chi connectivity index (χ0n) is 11.3. The fourth-order valence-electron chi connectivity index (χ4n) is 1.88. The third kappa shape index (κ3) is 3.98. The van der Waals surface area contributed by atoms with E-state index in [1.165, 1.54) is 0 Å². The van der Waals surface area contributed by atoms with E-state index < -0.39 is 0 Å². The number of nitrogens with one attached hydrogen (secondary N) is 2. The van der Waals surface area contributed by atoms with E-state index in [0.29, 0.717) is 5.96 Å². The molecule has 0 aliphatic heterocycles. The first-order valence-corrected chi connectivity index (χ1v) is 6.77. The van der Waals surface area contributed by atoms with E-state index in [-0.39, 0.29) is 0 Å². The number of aliphatic imine (C=N–C) groups is 1. The number of aryl methyl sites for hydroxylation is 1. The number of nitrogens with two attached hydrogens (primary N) is 1. The van der Waals surface area contributed by atoms with Crippen LogP contribution < -0.4 is 11.1 Å². The Balaban J connectivity index is 1.76. The van der Waals surface area contributed by atoms with Gasteiger partial charge in [-0.1, -0.05) is 19.1 Å². The summed E-state index contributed by atoms with van der Waals surface area (Å²) in [5, 5.41) is 3.11. The summed E-state index contributed by atoms with van der Waals surface area (Å²) in [5.41, 5.74) is 7.83. The lowest BCUT2D eigenvalue weighted by molar-refractivity contribution is 0.743. The molecule has 0 atom stereocenters. The van der Waals surface area contributed by atoms with E-state index in [1.807, 2.05) is 24.3 Å². The molecule has 0 unspecified atom stereocenters. The Labute approximate surface area is 113 Å². The molecular weight excluding hydrogens is 238 g/mol. The molecule has 0 aliphatic rings. The topological polar surface area (TPSA) is 79.1 Å². The van der Waals surface area contributed by atoms with Crippen molar-refractivity contribution in [3.8, 4) is 0 Å². The standard InChI is InChI=1S/C14H21N5/c1-2-9-16-14(15)17-10-5-8-13-18-11-6-3-4-7-12(11)19-13/h3-4,6-7H,2,5,8-10H2,1H3,(H,18,19)(H3,15,16,17). The second-order valence-corrected chi connectivity index (χ2v) is 4.50. The fraction of sp³-hybridized carbons (Fsp3) is 0.429. The van der Waals surface area contributed by atoms with Gasteiger partial charge in [-0.2, -0.15) is 0 Å². The zero-order valence-corrected chi connectivity index (χ0v) is 11.3. The predicted octanol–water partition coefficient (Wildman–Crippen LogP) is 1.81. The van der Waals surface area contributed by atoms with E-state index in [4.69, 9.17) is 5.73 Å². The number of aromatic amines is 1. The van der Waals surface area contributed by atoms with E-state index >= 15 is 0 Å². The average molecular weight is 259 g/mol. The van der Waals surface area contributed by atoms with Crippen LogP contribution in [0.4, 0.5) is 0 Å². The van der Waals surface area contributed by atoms with E-state index in [1.54, 1.807) is 0 Å². The fourth-order valence-corrected chi connectivity index (χ4v) is 1.88. The molecule has 1 heterocycles. The van der Waals surface area contributed by atoms with Gasteiger partial charge in [-0.3, -0.25) is 4.99 Å². The summed E-state index contributed by atoms with van der Waals surface area (Å²) in [4.78, 5) is 12.0. The second kappa shape index (κ2) is 6.78. The Kier molecular flexibility index (Phi) is 4.78. The van der Waals surface area contributed by atoms with Crippen LogP contribution in [0.25, 0.3) is 11.0 Å². The van der Waals surface area contributed by atoms with Crippen molar-refractivity contribution in [2.24, 2.45) is 10.7 Å². The molecule has 2 rings (SSSR count). The Hall–Kier alpha value is -2.04. The van der Waals surface area contributed by atoms with E-state index in [2.05, 4.69) is 27.2 Å².